The van der Waals surface area contributed by atoms with Crippen LogP contribution in [0.2, 0.25) is 0 Å². The Morgan fingerprint density at radius 3 is 2.06 bits per heavy atom. The Bertz CT molecular complexity index is 232. The van der Waals surface area contributed by atoms with Crippen molar-refractivity contribution < 1.29 is 5.11 Å². The van der Waals surface area contributed by atoms with Gasteiger partial charge in [0.15, 0.2) is 0 Å². The summed E-state index contributed by atoms with van der Waals surface area (Å²) < 4.78 is 0. The predicted octanol–water partition coefficient (Wildman–Crippen LogP) is 4.14. The largest absolute Gasteiger partial charge is 0.393 e. The molecule has 17 heavy (non-hydrogen) atoms. The molecule has 0 aromatic carbocycles. The van der Waals surface area contributed by atoms with Crippen molar-refractivity contribution in [2.45, 2.75) is 76.7 Å². The number of aliphatic hydroxyl groups is 1. The van der Waals surface area contributed by atoms with E-state index in [1.807, 2.05) is 0 Å². The molecule has 3 fully saturated rings. The standard InChI is InChI=1S/C16H28O/c17-15(11-10-12-6-2-1-3-7-12)16-13-8-4-5-9-14(13)16/h12-17H,1-11H2. The molecule has 3 rings (SSSR count). The Balaban J connectivity index is 1.40. The van der Waals surface area contributed by atoms with Crippen LogP contribution < -0.4 is 0 Å². The average Bonchev–Trinajstić information content (AvgIpc) is 3.11. The molecule has 3 saturated carbocycles. The maximum Gasteiger partial charge on any atom is 0.0574 e. The lowest BCUT2D eigenvalue weighted by Gasteiger charge is -2.22. The summed E-state index contributed by atoms with van der Waals surface area (Å²) in [6.07, 6.45) is 15.3. The predicted molar refractivity (Wildman–Crippen MR) is 70.8 cm³/mol. The van der Waals surface area contributed by atoms with Crippen molar-refractivity contribution in [3.8, 4) is 0 Å². The Kier molecular flexibility index (Phi) is 3.75. The van der Waals surface area contributed by atoms with Gasteiger partial charge in [0.25, 0.3) is 0 Å². The molecule has 3 atom stereocenters. The first-order valence-corrected chi connectivity index (χ1v) is 8.04. The quantitative estimate of drug-likeness (QED) is 0.777. The number of hydrogen-bond acceptors (Lipinski definition) is 1. The average molecular weight is 236 g/mol. The van der Waals surface area contributed by atoms with Crippen LogP contribution in [0.3, 0.4) is 0 Å². The molecule has 98 valence electrons. The molecule has 1 nitrogen and oxygen atoms in total. The summed E-state index contributed by atoms with van der Waals surface area (Å²) in [5.41, 5.74) is 0. The lowest BCUT2D eigenvalue weighted by molar-refractivity contribution is 0.118. The van der Waals surface area contributed by atoms with E-state index in [1.165, 1.54) is 64.2 Å². The van der Waals surface area contributed by atoms with Gasteiger partial charge in [-0.1, -0.05) is 44.9 Å². The van der Waals surface area contributed by atoms with Crippen LogP contribution in [0.1, 0.15) is 70.6 Å². The van der Waals surface area contributed by atoms with E-state index in [0.29, 0.717) is 5.92 Å². The third-order valence-electron chi connectivity index (χ3n) is 5.76. The van der Waals surface area contributed by atoms with Gasteiger partial charge in [0.2, 0.25) is 0 Å². The second-order valence-corrected chi connectivity index (χ2v) is 6.84. The van der Waals surface area contributed by atoms with Crippen LogP contribution >= 0.6 is 0 Å². The Labute approximate surface area is 106 Å². The molecule has 0 spiro atoms. The molecular formula is C16H28O. The molecule has 3 unspecified atom stereocenters. The first-order chi connectivity index (χ1) is 8.36. The van der Waals surface area contributed by atoms with Gasteiger partial charge in [-0.2, -0.15) is 0 Å². The highest BCUT2D eigenvalue weighted by atomic mass is 16.3. The molecule has 0 aromatic rings. The van der Waals surface area contributed by atoms with Crippen LogP contribution in [-0.4, -0.2) is 11.2 Å². The van der Waals surface area contributed by atoms with Gasteiger partial charge in [-0.05, 0) is 49.4 Å². The molecule has 0 amide bonds. The Morgan fingerprint density at radius 1 is 0.824 bits per heavy atom. The summed E-state index contributed by atoms with van der Waals surface area (Å²) in [5, 5.41) is 10.4. The highest BCUT2D eigenvalue weighted by molar-refractivity contribution is 5.02. The van der Waals surface area contributed by atoms with Crippen LogP contribution in [0.15, 0.2) is 0 Å². The fourth-order valence-electron chi connectivity index (χ4n) is 4.69. The zero-order chi connectivity index (χ0) is 11.7. The van der Waals surface area contributed by atoms with E-state index in [4.69, 9.17) is 0 Å². The molecule has 1 heteroatoms. The maximum atomic E-state index is 10.4. The zero-order valence-corrected chi connectivity index (χ0v) is 11.1. The van der Waals surface area contributed by atoms with Gasteiger partial charge >= 0.3 is 0 Å². The van der Waals surface area contributed by atoms with Gasteiger partial charge in [0.1, 0.15) is 0 Å². The fourth-order valence-corrected chi connectivity index (χ4v) is 4.69. The molecule has 0 aliphatic heterocycles. The minimum absolute atomic E-state index is 0.0463. The molecule has 0 radical (unpaired) electrons. The molecule has 0 bridgehead atoms. The monoisotopic (exact) mass is 236 g/mol. The van der Waals surface area contributed by atoms with Crippen molar-refractivity contribution in [3.63, 3.8) is 0 Å². The van der Waals surface area contributed by atoms with Crippen LogP contribution in [-0.2, 0) is 0 Å². The van der Waals surface area contributed by atoms with Gasteiger partial charge in [0.05, 0.1) is 6.10 Å². The second-order valence-electron chi connectivity index (χ2n) is 6.84. The Hall–Kier alpha value is -0.0400. The Morgan fingerprint density at radius 2 is 1.41 bits per heavy atom. The summed E-state index contributed by atoms with van der Waals surface area (Å²) in [6.45, 7) is 0. The first-order valence-electron chi connectivity index (χ1n) is 8.04. The first kappa shape index (κ1) is 12.0. The molecule has 3 aliphatic carbocycles. The van der Waals surface area contributed by atoms with Crippen molar-refractivity contribution in [2.24, 2.45) is 23.7 Å². The van der Waals surface area contributed by atoms with Crippen LogP contribution in [0, 0.1) is 23.7 Å². The third kappa shape index (κ3) is 2.70. The smallest absolute Gasteiger partial charge is 0.0574 e. The molecule has 0 saturated heterocycles. The fraction of sp³-hybridized carbons (Fsp3) is 1.00. The van der Waals surface area contributed by atoms with Crippen LogP contribution in [0.25, 0.3) is 0 Å². The summed E-state index contributed by atoms with van der Waals surface area (Å²) in [6, 6.07) is 0. The normalized spacial score (nSPS) is 39.7. The zero-order valence-electron chi connectivity index (χ0n) is 11.1. The minimum Gasteiger partial charge on any atom is -0.393 e. The van der Waals surface area contributed by atoms with Gasteiger partial charge in [-0.25, -0.2) is 0 Å². The lowest BCUT2D eigenvalue weighted by atomic mass is 9.85. The lowest BCUT2D eigenvalue weighted by Crippen LogP contribution is -2.15. The van der Waals surface area contributed by atoms with E-state index in [0.717, 1.165) is 24.2 Å². The topological polar surface area (TPSA) is 20.2 Å². The van der Waals surface area contributed by atoms with Gasteiger partial charge in [0, 0.05) is 0 Å². The van der Waals surface area contributed by atoms with Crippen LogP contribution in [0.4, 0.5) is 0 Å². The molecular weight excluding hydrogens is 208 g/mol. The van der Waals surface area contributed by atoms with Crippen molar-refractivity contribution in [2.75, 3.05) is 0 Å². The molecule has 0 aromatic heterocycles. The van der Waals surface area contributed by atoms with Crippen molar-refractivity contribution in [3.05, 3.63) is 0 Å². The van der Waals surface area contributed by atoms with E-state index in [1.54, 1.807) is 0 Å². The van der Waals surface area contributed by atoms with E-state index < -0.39 is 0 Å². The summed E-state index contributed by atoms with van der Waals surface area (Å²) in [4.78, 5) is 0. The van der Waals surface area contributed by atoms with Crippen molar-refractivity contribution >= 4 is 0 Å². The van der Waals surface area contributed by atoms with Gasteiger partial charge in [-0.15, -0.1) is 0 Å². The molecule has 3 aliphatic rings. The maximum absolute atomic E-state index is 10.4. The second kappa shape index (κ2) is 5.30. The van der Waals surface area contributed by atoms with E-state index in [2.05, 4.69) is 0 Å². The molecule has 1 N–H and O–H groups in total. The van der Waals surface area contributed by atoms with E-state index in [-0.39, 0.29) is 6.10 Å². The summed E-state index contributed by atoms with van der Waals surface area (Å²) in [7, 11) is 0. The SMILES string of the molecule is OC(CCC1CCCCC1)C1C2CCCCC21. The third-order valence-corrected chi connectivity index (χ3v) is 5.76. The van der Waals surface area contributed by atoms with Gasteiger partial charge in [-0.3, -0.25) is 0 Å². The number of hydrogen-bond donors (Lipinski definition) is 1. The minimum atomic E-state index is 0.0463. The van der Waals surface area contributed by atoms with Crippen molar-refractivity contribution in [1.82, 2.24) is 0 Å². The molecule has 0 heterocycles. The van der Waals surface area contributed by atoms with E-state index in [9.17, 15) is 5.11 Å². The van der Waals surface area contributed by atoms with Crippen LogP contribution in [0.5, 0.6) is 0 Å². The highest BCUT2D eigenvalue weighted by Gasteiger charge is 2.53. The highest BCUT2D eigenvalue weighted by Crippen LogP contribution is 2.57. The summed E-state index contributed by atoms with van der Waals surface area (Å²) in [5.74, 6) is 3.50. The summed E-state index contributed by atoms with van der Waals surface area (Å²) >= 11 is 0. The number of fused-ring (bicyclic) bond motifs is 1. The van der Waals surface area contributed by atoms with E-state index >= 15 is 0 Å². The van der Waals surface area contributed by atoms with Crippen molar-refractivity contribution in [1.29, 1.82) is 0 Å². The van der Waals surface area contributed by atoms with Gasteiger partial charge < -0.3 is 5.11 Å². The number of rotatable bonds is 4. The number of aliphatic hydroxyl groups excluding tert-OH is 1.